The van der Waals surface area contributed by atoms with Gasteiger partial charge >= 0.3 is 0 Å². The first-order valence-corrected chi connectivity index (χ1v) is 6.49. The predicted molar refractivity (Wildman–Crippen MR) is 74.2 cm³/mol. The van der Waals surface area contributed by atoms with E-state index in [9.17, 15) is 14.9 Å². The van der Waals surface area contributed by atoms with Crippen molar-refractivity contribution in [1.29, 1.82) is 0 Å². The minimum absolute atomic E-state index is 0.0125. The largest absolute Gasteiger partial charge is 0.325 e. The number of nitro groups is 1. The second-order valence-electron chi connectivity index (χ2n) is 4.08. The number of hydrogen-bond donors (Lipinski definition) is 1. The number of amides is 1. The highest BCUT2D eigenvalue weighted by atomic mass is 79.9. The summed E-state index contributed by atoms with van der Waals surface area (Å²) in [5, 5.41) is 13.5. The molecule has 0 saturated heterocycles. The molecule has 1 unspecified atom stereocenters. The predicted octanol–water partition coefficient (Wildman–Crippen LogP) is 3.32. The molecule has 0 aliphatic heterocycles. The fourth-order valence-corrected chi connectivity index (χ4v) is 1.68. The van der Waals surface area contributed by atoms with Crippen LogP contribution in [0.3, 0.4) is 0 Å². The fraction of sp³-hybridized carbons (Fsp3) is 0.417. The van der Waals surface area contributed by atoms with E-state index in [1.807, 2.05) is 13.8 Å². The monoisotopic (exact) mass is 314 g/mol. The van der Waals surface area contributed by atoms with E-state index in [1.165, 1.54) is 6.07 Å². The van der Waals surface area contributed by atoms with Gasteiger partial charge in [0.05, 0.1) is 15.4 Å². The van der Waals surface area contributed by atoms with Gasteiger partial charge in [-0.1, -0.05) is 22.9 Å². The van der Waals surface area contributed by atoms with E-state index in [4.69, 9.17) is 0 Å². The van der Waals surface area contributed by atoms with Crippen molar-refractivity contribution in [2.45, 2.75) is 32.0 Å². The van der Waals surface area contributed by atoms with Crippen molar-refractivity contribution in [3.8, 4) is 0 Å². The summed E-state index contributed by atoms with van der Waals surface area (Å²) in [6, 6.07) is 3.10. The summed E-state index contributed by atoms with van der Waals surface area (Å²) >= 11 is 3.24. The molecule has 18 heavy (non-hydrogen) atoms. The Labute approximate surface area is 114 Å². The topological polar surface area (TPSA) is 72.2 Å². The molecule has 98 valence electrons. The summed E-state index contributed by atoms with van der Waals surface area (Å²) in [5.41, 5.74) is 1.89. The molecule has 1 amide bonds. The number of alkyl halides is 1. The Morgan fingerprint density at radius 3 is 2.56 bits per heavy atom. The fourth-order valence-electron chi connectivity index (χ4n) is 1.57. The van der Waals surface area contributed by atoms with Crippen LogP contribution in [0.5, 0.6) is 0 Å². The van der Waals surface area contributed by atoms with Crippen LogP contribution in [0.2, 0.25) is 0 Å². The summed E-state index contributed by atoms with van der Waals surface area (Å²) in [7, 11) is 0. The Morgan fingerprint density at radius 2 is 2.06 bits per heavy atom. The van der Waals surface area contributed by atoms with Crippen molar-refractivity contribution in [2.75, 3.05) is 5.32 Å². The molecule has 0 saturated carbocycles. The van der Waals surface area contributed by atoms with E-state index in [2.05, 4.69) is 21.2 Å². The first-order chi connectivity index (χ1) is 8.36. The maximum absolute atomic E-state index is 11.7. The van der Waals surface area contributed by atoms with Crippen LogP contribution in [0, 0.1) is 24.0 Å². The molecule has 0 heterocycles. The molecule has 0 aliphatic carbocycles. The van der Waals surface area contributed by atoms with Gasteiger partial charge in [-0.3, -0.25) is 14.9 Å². The van der Waals surface area contributed by atoms with Gasteiger partial charge in [-0.15, -0.1) is 0 Å². The zero-order valence-corrected chi connectivity index (χ0v) is 12.1. The quantitative estimate of drug-likeness (QED) is 0.526. The van der Waals surface area contributed by atoms with Crippen LogP contribution in [0.1, 0.15) is 24.5 Å². The lowest BCUT2D eigenvalue weighted by Gasteiger charge is -2.12. The van der Waals surface area contributed by atoms with Gasteiger partial charge < -0.3 is 5.32 Å². The maximum Gasteiger partial charge on any atom is 0.274 e. The van der Waals surface area contributed by atoms with E-state index in [1.54, 1.807) is 13.0 Å². The van der Waals surface area contributed by atoms with Crippen molar-refractivity contribution in [3.05, 3.63) is 33.4 Å². The number of aryl methyl sites for hydroxylation is 2. The second-order valence-corrected chi connectivity index (χ2v) is 5.18. The smallest absolute Gasteiger partial charge is 0.274 e. The van der Waals surface area contributed by atoms with E-state index >= 15 is 0 Å². The van der Waals surface area contributed by atoms with Crippen LogP contribution >= 0.6 is 15.9 Å². The number of hydrogen-bond acceptors (Lipinski definition) is 3. The SMILES string of the molecule is CCC(Br)C(=O)Nc1cc([N+](=O)[O-])c(C)cc1C. The molecule has 1 aromatic carbocycles. The average molecular weight is 315 g/mol. The lowest BCUT2D eigenvalue weighted by molar-refractivity contribution is -0.385. The van der Waals surface area contributed by atoms with Crippen LogP contribution in [-0.4, -0.2) is 15.7 Å². The third-order valence-electron chi connectivity index (χ3n) is 2.64. The van der Waals surface area contributed by atoms with Gasteiger partial charge in [-0.2, -0.15) is 0 Å². The molecule has 0 bridgehead atoms. The van der Waals surface area contributed by atoms with Gasteiger partial charge in [0.2, 0.25) is 5.91 Å². The molecule has 0 aromatic heterocycles. The van der Waals surface area contributed by atoms with Gasteiger partial charge in [0, 0.05) is 11.6 Å². The van der Waals surface area contributed by atoms with Crippen LogP contribution in [-0.2, 0) is 4.79 Å². The molecule has 0 fully saturated rings. The normalized spacial score (nSPS) is 12.0. The summed E-state index contributed by atoms with van der Waals surface area (Å²) < 4.78 is 0. The van der Waals surface area contributed by atoms with Crippen molar-refractivity contribution >= 4 is 33.2 Å². The second kappa shape index (κ2) is 5.95. The Kier molecular flexibility index (Phi) is 4.84. The van der Waals surface area contributed by atoms with Gasteiger partial charge in [-0.25, -0.2) is 0 Å². The van der Waals surface area contributed by atoms with Crippen molar-refractivity contribution < 1.29 is 9.72 Å². The third-order valence-corrected chi connectivity index (χ3v) is 3.70. The number of carbonyl (C=O) groups excluding carboxylic acids is 1. The van der Waals surface area contributed by atoms with Crippen LogP contribution in [0.25, 0.3) is 0 Å². The highest BCUT2D eigenvalue weighted by Gasteiger charge is 2.17. The van der Waals surface area contributed by atoms with Crippen molar-refractivity contribution in [3.63, 3.8) is 0 Å². The number of nitrogens with one attached hydrogen (secondary N) is 1. The van der Waals surface area contributed by atoms with Crippen LogP contribution in [0.15, 0.2) is 12.1 Å². The molecule has 5 nitrogen and oxygen atoms in total. The Bertz CT molecular complexity index is 488. The minimum atomic E-state index is -0.449. The van der Waals surface area contributed by atoms with E-state index in [0.29, 0.717) is 17.7 Å². The van der Waals surface area contributed by atoms with Gasteiger partial charge in [-0.05, 0) is 31.9 Å². The molecule has 1 rings (SSSR count). The Balaban J connectivity index is 3.06. The molecule has 1 atom stereocenters. The molecule has 0 aliphatic rings. The Morgan fingerprint density at radius 1 is 1.44 bits per heavy atom. The number of benzene rings is 1. The molecular weight excluding hydrogens is 300 g/mol. The summed E-state index contributed by atoms with van der Waals surface area (Å²) in [5.74, 6) is -0.196. The maximum atomic E-state index is 11.7. The van der Waals surface area contributed by atoms with Gasteiger partial charge in [0.1, 0.15) is 0 Å². The number of nitro benzene ring substituents is 1. The number of rotatable bonds is 4. The number of anilines is 1. The lowest BCUT2D eigenvalue weighted by Crippen LogP contribution is -2.22. The third kappa shape index (κ3) is 3.29. The average Bonchev–Trinajstić information content (AvgIpc) is 2.30. The van der Waals surface area contributed by atoms with Crippen LogP contribution < -0.4 is 5.32 Å². The van der Waals surface area contributed by atoms with Crippen molar-refractivity contribution in [1.82, 2.24) is 0 Å². The number of halogens is 1. The van der Waals surface area contributed by atoms with Crippen LogP contribution in [0.4, 0.5) is 11.4 Å². The highest BCUT2D eigenvalue weighted by molar-refractivity contribution is 9.10. The zero-order chi connectivity index (χ0) is 13.9. The van der Waals surface area contributed by atoms with Gasteiger partial charge in [0.25, 0.3) is 5.69 Å². The molecule has 1 aromatic rings. The molecule has 0 spiro atoms. The van der Waals surface area contributed by atoms with Crippen molar-refractivity contribution in [2.24, 2.45) is 0 Å². The minimum Gasteiger partial charge on any atom is -0.325 e. The summed E-state index contributed by atoms with van der Waals surface area (Å²) in [4.78, 5) is 21.8. The molecule has 6 heteroatoms. The Hall–Kier alpha value is -1.43. The zero-order valence-electron chi connectivity index (χ0n) is 10.5. The number of nitrogens with zero attached hydrogens (tertiary/aromatic N) is 1. The summed E-state index contributed by atoms with van der Waals surface area (Å²) in [6.45, 7) is 5.36. The lowest BCUT2D eigenvalue weighted by atomic mass is 10.1. The highest BCUT2D eigenvalue weighted by Crippen LogP contribution is 2.26. The first-order valence-electron chi connectivity index (χ1n) is 5.57. The standard InChI is InChI=1S/C12H15BrN2O3/c1-4-9(13)12(16)14-10-6-11(15(17)18)8(3)5-7(10)2/h5-6,9H,4H2,1-3H3,(H,14,16). The molecular formula is C12H15BrN2O3. The first kappa shape index (κ1) is 14.6. The molecule has 1 N–H and O–H groups in total. The summed E-state index contributed by atoms with van der Waals surface area (Å²) in [6.07, 6.45) is 0.652. The van der Waals surface area contributed by atoms with Gasteiger partial charge in [0.15, 0.2) is 0 Å². The van der Waals surface area contributed by atoms with E-state index < -0.39 is 4.92 Å². The van der Waals surface area contributed by atoms with E-state index in [-0.39, 0.29) is 16.4 Å². The molecule has 0 radical (unpaired) electrons. The number of carbonyl (C=O) groups is 1. The van der Waals surface area contributed by atoms with E-state index in [0.717, 1.165) is 5.56 Å².